The summed E-state index contributed by atoms with van der Waals surface area (Å²) in [7, 11) is -3.63. The molecule has 4 rings (SSSR count). The van der Waals surface area contributed by atoms with Gasteiger partial charge in [-0.15, -0.1) is 22.7 Å². The van der Waals surface area contributed by atoms with Gasteiger partial charge in [-0.3, -0.25) is 13.9 Å². The zero-order chi connectivity index (χ0) is 19.2. The average Bonchev–Trinajstić information content (AvgIpc) is 3.30. The van der Waals surface area contributed by atoms with Gasteiger partial charge < -0.3 is 0 Å². The van der Waals surface area contributed by atoms with Gasteiger partial charge in [0, 0.05) is 27.9 Å². The first-order chi connectivity index (χ1) is 12.9. The number of rotatable bonds is 4. The lowest BCUT2D eigenvalue weighted by atomic mass is 10.1. The number of benzene rings is 1. The van der Waals surface area contributed by atoms with Crippen LogP contribution >= 0.6 is 22.7 Å². The maximum Gasteiger partial charge on any atom is 0.271 e. The van der Waals surface area contributed by atoms with Crippen LogP contribution in [0.15, 0.2) is 56.2 Å². The molecule has 0 aliphatic rings. The molecule has 9 heteroatoms. The van der Waals surface area contributed by atoms with Crippen LogP contribution in [0.3, 0.4) is 0 Å². The van der Waals surface area contributed by atoms with Crippen molar-refractivity contribution in [1.29, 1.82) is 0 Å². The Morgan fingerprint density at radius 1 is 1.11 bits per heavy atom. The van der Waals surface area contributed by atoms with E-state index in [1.54, 1.807) is 47.0 Å². The molecule has 0 aliphatic carbocycles. The van der Waals surface area contributed by atoms with Crippen LogP contribution in [-0.4, -0.2) is 17.8 Å². The highest BCUT2D eigenvalue weighted by atomic mass is 32.2. The third kappa shape index (κ3) is 3.18. The normalized spacial score (nSPS) is 11.8. The topological polar surface area (TPSA) is 80.5 Å². The molecule has 138 valence electrons. The Morgan fingerprint density at radius 3 is 2.67 bits per heavy atom. The average molecular weight is 418 g/mol. The van der Waals surface area contributed by atoms with E-state index < -0.39 is 10.0 Å². The van der Waals surface area contributed by atoms with E-state index in [0.29, 0.717) is 27.6 Å². The number of sulfonamides is 1. The fraction of sp³-hybridized carbons (Fsp3) is 0.111. The second kappa shape index (κ2) is 6.59. The third-order valence-corrected chi connectivity index (χ3v) is 7.81. The lowest BCUT2D eigenvalue weighted by Crippen LogP contribution is -2.18. The molecule has 0 spiro atoms. The first-order valence-corrected chi connectivity index (χ1v) is 11.3. The molecule has 0 amide bonds. The van der Waals surface area contributed by atoms with E-state index in [-0.39, 0.29) is 9.77 Å². The predicted octanol–water partition coefficient (Wildman–Crippen LogP) is 3.90. The molecule has 1 N–H and O–H groups in total. The SMILES string of the molecule is Cc1nc2scc(-c3cccc(NS(=O)(=O)c4cccs4)c3)n2c(=O)c1C. The molecule has 0 aliphatic heterocycles. The Labute approximate surface area is 163 Å². The molecule has 0 radical (unpaired) electrons. The monoisotopic (exact) mass is 417 g/mol. The van der Waals surface area contributed by atoms with Crippen LogP contribution in [0.25, 0.3) is 16.2 Å². The molecule has 0 bridgehead atoms. The number of nitrogens with zero attached hydrogens (tertiary/aromatic N) is 2. The van der Waals surface area contributed by atoms with Gasteiger partial charge in [-0.2, -0.15) is 0 Å². The highest BCUT2D eigenvalue weighted by molar-refractivity contribution is 7.94. The molecule has 0 unspecified atom stereocenters. The van der Waals surface area contributed by atoms with E-state index in [1.165, 1.54) is 11.3 Å². The molecule has 3 aromatic heterocycles. The number of thiazole rings is 1. The summed E-state index contributed by atoms with van der Waals surface area (Å²) < 4.78 is 29.3. The summed E-state index contributed by atoms with van der Waals surface area (Å²) in [5, 5.41) is 3.57. The second-order valence-corrected chi connectivity index (χ2v) is 9.68. The van der Waals surface area contributed by atoms with Crippen LogP contribution < -0.4 is 10.3 Å². The van der Waals surface area contributed by atoms with Gasteiger partial charge in [0.15, 0.2) is 4.96 Å². The van der Waals surface area contributed by atoms with Crippen molar-refractivity contribution in [1.82, 2.24) is 9.38 Å². The smallest absolute Gasteiger partial charge is 0.271 e. The highest BCUT2D eigenvalue weighted by Crippen LogP contribution is 2.28. The zero-order valence-electron chi connectivity index (χ0n) is 14.5. The lowest BCUT2D eigenvalue weighted by molar-refractivity contribution is 0.603. The Bertz CT molecular complexity index is 1300. The molecule has 0 saturated carbocycles. The summed E-state index contributed by atoms with van der Waals surface area (Å²) in [6, 6.07) is 10.2. The first kappa shape index (κ1) is 17.9. The Hall–Kier alpha value is -2.49. The van der Waals surface area contributed by atoms with Gasteiger partial charge in [-0.05, 0) is 37.4 Å². The summed E-state index contributed by atoms with van der Waals surface area (Å²) in [6.07, 6.45) is 0. The summed E-state index contributed by atoms with van der Waals surface area (Å²) in [5.41, 5.74) is 3.06. The van der Waals surface area contributed by atoms with Crippen molar-refractivity contribution in [2.75, 3.05) is 4.72 Å². The van der Waals surface area contributed by atoms with Gasteiger partial charge in [-0.25, -0.2) is 13.4 Å². The van der Waals surface area contributed by atoms with Gasteiger partial charge in [0.1, 0.15) is 4.21 Å². The van der Waals surface area contributed by atoms with E-state index in [1.807, 2.05) is 18.4 Å². The highest BCUT2D eigenvalue weighted by Gasteiger charge is 2.17. The minimum absolute atomic E-state index is 0.113. The molecular formula is C18H15N3O3S3. The number of fused-ring (bicyclic) bond motifs is 1. The molecule has 0 fully saturated rings. The Kier molecular flexibility index (Phi) is 4.37. The van der Waals surface area contributed by atoms with Crippen molar-refractivity contribution in [2.45, 2.75) is 18.1 Å². The fourth-order valence-electron chi connectivity index (χ4n) is 2.70. The number of aryl methyl sites for hydroxylation is 1. The van der Waals surface area contributed by atoms with Crippen LogP contribution in [0.5, 0.6) is 0 Å². The van der Waals surface area contributed by atoms with Crippen molar-refractivity contribution in [3.8, 4) is 11.3 Å². The minimum Gasteiger partial charge on any atom is -0.279 e. The van der Waals surface area contributed by atoms with Gasteiger partial charge in [0.25, 0.3) is 15.6 Å². The molecule has 0 saturated heterocycles. The Balaban J connectivity index is 1.79. The third-order valence-electron chi connectivity index (χ3n) is 4.21. The summed E-state index contributed by atoms with van der Waals surface area (Å²) in [5.74, 6) is 0. The minimum atomic E-state index is -3.63. The molecule has 6 nitrogen and oxygen atoms in total. The molecular weight excluding hydrogens is 402 g/mol. The van der Waals surface area contributed by atoms with E-state index in [0.717, 1.165) is 16.9 Å². The largest absolute Gasteiger partial charge is 0.279 e. The standard InChI is InChI=1S/C18H15N3O3S3/c1-11-12(2)19-18-21(17(11)22)15(10-26-18)13-5-3-6-14(9-13)20-27(23,24)16-7-4-8-25-16/h3-10,20H,1-2H3. The summed E-state index contributed by atoms with van der Waals surface area (Å²) in [6.45, 7) is 3.57. The fourth-order valence-corrected chi connectivity index (χ4v) is 5.68. The maximum atomic E-state index is 12.7. The number of aromatic nitrogens is 2. The summed E-state index contributed by atoms with van der Waals surface area (Å²) in [4.78, 5) is 17.8. The number of anilines is 1. The zero-order valence-corrected chi connectivity index (χ0v) is 16.9. The van der Waals surface area contributed by atoms with Gasteiger partial charge >= 0.3 is 0 Å². The number of nitrogens with one attached hydrogen (secondary N) is 1. The summed E-state index contributed by atoms with van der Waals surface area (Å²) >= 11 is 2.53. The van der Waals surface area contributed by atoms with Crippen molar-refractivity contribution in [2.24, 2.45) is 0 Å². The van der Waals surface area contributed by atoms with Crippen LogP contribution in [0.2, 0.25) is 0 Å². The van der Waals surface area contributed by atoms with E-state index in [4.69, 9.17) is 0 Å². The Morgan fingerprint density at radius 2 is 1.93 bits per heavy atom. The van der Waals surface area contributed by atoms with Crippen molar-refractivity contribution in [3.63, 3.8) is 0 Å². The van der Waals surface area contributed by atoms with Crippen molar-refractivity contribution < 1.29 is 8.42 Å². The molecule has 3 heterocycles. The van der Waals surface area contributed by atoms with Crippen molar-refractivity contribution >= 4 is 43.3 Å². The lowest BCUT2D eigenvalue weighted by Gasteiger charge is -2.09. The quantitative estimate of drug-likeness (QED) is 0.546. The van der Waals surface area contributed by atoms with E-state index in [2.05, 4.69) is 9.71 Å². The van der Waals surface area contributed by atoms with Crippen LogP contribution in [0.1, 0.15) is 11.3 Å². The molecule has 1 aromatic carbocycles. The maximum absolute atomic E-state index is 12.7. The van der Waals surface area contributed by atoms with E-state index in [9.17, 15) is 13.2 Å². The van der Waals surface area contributed by atoms with Gasteiger partial charge in [-0.1, -0.05) is 18.2 Å². The van der Waals surface area contributed by atoms with Crippen LogP contribution in [0, 0.1) is 13.8 Å². The van der Waals surface area contributed by atoms with Gasteiger partial charge in [0.2, 0.25) is 0 Å². The predicted molar refractivity (Wildman–Crippen MR) is 109 cm³/mol. The molecule has 27 heavy (non-hydrogen) atoms. The second-order valence-electron chi connectivity index (χ2n) is 5.98. The first-order valence-electron chi connectivity index (χ1n) is 8.01. The number of hydrogen-bond acceptors (Lipinski definition) is 6. The van der Waals surface area contributed by atoms with Crippen LogP contribution in [0.4, 0.5) is 5.69 Å². The molecule has 4 aromatic rings. The van der Waals surface area contributed by atoms with Crippen molar-refractivity contribution in [3.05, 3.63) is 68.8 Å². The van der Waals surface area contributed by atoms with Gasteiger partial charge in [0.05, 0.1) is 5.69 Å². The van der Waals surface area contributed by atoms with E-state index >= 15 is 0 Å². The van der Waals surface area contributed by atoms with Crippen LogP contribution in [-0.2, 0) is 10.0 Å². The number of thiophene rings is 1. The molecule has 0 atom stereocenters. The number of hydrogen-bond donors (Lipinski definition) is 1.